The standard InChI is InChI=1S/C29H19F13O6/c1-2-7-24-12-43-28(47-24,44-13-24)15-5-3-14(4-6-15)25(34,35)45-16-8-18(30)22(19(31)9-16)26(36,37)46-17-10-20(32)23(21(33)11-17)27(38,39)48-29(40,41)42/h3-6,8-11H,2,7,12-13H2,1H3. The largest absolute Gasteiger partial charge is 0.527 e. The molecule has 0 aromatic heterocycles. The molecule has 2 bridgehead atoms. The van der Waals surface area contributed by atoms with Crippen LogP contribution in [0.4, 0.5) is 57.1 Å². The Morgan fingerprint density at radius 1 is 0.646 bits per heavy atom. The van der Waals surface area contributed by atoms with Gasteiger partial charge in [0.15, 0.2) is 0 Å². The molecule has 5 rings (SSSR count). The molecule has 2 aliphatic heterocycles. The summed E-state index contributed by atoms with van der Waals surface area (Å²) in [6.07, 6.45) is -19.9. The third kappa shape index (κ3) is 6.85. The summed E-state index contributed by atoms with van der Waals surface area (Å²) in [5, 5.41) is 0. The second-order valence-corrected chi connectivity index (χ2v) is 10.6. The third-order valence-electron chi connectivity index (χ3n) is 7.03. The van der Waals surface area contributed by atoms with Gasteiger partial charge in [0.2, 0.25) is 0 Å². The minimum absolute atomic E-state index is 0.101. The van der Waals surface area contributed by atoms with Crippen molar-refractivity contribution < 1.29 is 85.5 Å². The summed E-state index contributed by atoms with van der Waals surface area (Å²) in [7, 11) is 0. The molecule has 0 atom stereocenters. The third-order valence-corrected chi connectivity index (χ3v) is 7.03. The van der Waals surface area contributed by atoms with E-state index < -0.39 is 99.9 Å². The first-order valence-corrected chi connectivity index (χ1v) is 13.5. The first-order valence-electron chi connectivity index (χ1n) is 13.5. The zero-order valence-corrected chi connectivity index (χ0v) is 23.8. The molecule has 0 saturated carbocycles. The Kier molecular flexibility index (Phi) is 8.84. The van der Waals surface area contributed by atoms with E-state index in [1.54, 1.807) is 0 Å². The van der Waals surface area contributed by atoms with Crippen molar-refractivity contribution in [1.82, 2.24) is 0 Å². The van der Waals surface area contributed by atoms with Crippen LogP contribution in [0.1, 0.15) is 42.0 Å². The summed E-state index contributed by atoms with van der Waals surface area (Å²) < 4.78 is 208. The number of benzene rings is 3. The Hall–Kier alpha value is -3.81. The number of rotatable bonds is 11. The lowest BCUT2D eigenvalue weighted by atomic mass is 10.0. The molecule has 262 valence electrons. The number of hydrogen-bond donors (Lipinski definition) is 0. The number of ether oxygens (including phenoxy) is 6. The Bertz CT molecular complexity index is 1620. The molecule has 0 N–H and O–H groups in total. The van der Waals surface area contributed by atoms with Gasteiger partial charge in [0, 0.05) is 29.8 Å². The molecule has 2 heterocycles. The number of alkyl halides is 9. The van der Waals surface area contributed by atoms with Crippen LogP contribution in [0.3, 0.4) is 0 Å². The van der Waals surface area contributed by atoms with E-state index in [2.05, 4.69) is 14.2 Å². The fraction of sp³-hybridized carbons (Fsp3) is 0.379. The normalized spacial score (nSPS) is 21.5. The monoisotopic (exact) mass is 710 g/mol. The molecule has 3 aromatic carbocycles. The average Bonchev–Trinajstić information content (AvgIpc) is 3.47. The van der Waals surface area contributed by atoms with Crippen LogP contribution >= 0.6 is 0 Å². The Labute approximate surface area is 260 Å². The van der Waals surface area contributed by atoms with Crippen LogP contribution in [0.15, 0.2) is 48.5 Å². The van der Waals surface area contributed by atoms with Gasteiger partial charge in [-0.1, -0.05) is 25.5 Å². The van der Waals surface area contributed by atoms with E-state index in [1.807, 2.05) is 6.92 Å². The summed E-state index contributed by atoms with van der Waals surface area (Å²) in [6, 6.07) is 2.95. The minimum atomic E-state index is -6.09. The van der Waals surface area contributed by atoms with Gasteiger partial charge in [-0.15, -0.1) is 13.2 Å². The lowest BCUT2D eigenvalue weighted by Gasteiger charge is -2.25. The van der Waals surface area contributed by atoms with Gasteiger partial charge >= 0.3 is 30.7 Å². The number of fused-ring (bicyclic) bond motifs is 2. The van der Waals surface area contributed by atoms with Gasteiger partial charge in [0.05, 0.1) is 18.8 Å². The molecule has 0 unspecified atom stereocenters. The molecule has 6 nitrogen and oxygen atoms in total. The Morgan fingerprint density at radius 3 is 1.52 bits per heavy atom. The molecular formula is C29H19F13O6. The van der Waals surface area contributed by atoms with Crippen LogP contribution in [0, 0.1) is 23.3 Å². The predicted octanol–water partition coefficient (Wildman–Crippen LogP) is 8.81. The van der Waals surface area contributed by atoms with Crippen LogP contribution in [-0.2, 0) is 43.2 Å². The molecule has 2 saturated heterocycles. The van der Waals surface area contributed by atoms with Gasteiger partial charge < -0.3 is 23.7 Å². The molecule has 0 radical (unpaired) electrons. The highest BCUT2D eigenvalue weighted by Crippen LogP contribution is 2.49. The summed E-state index contributed by atoms with van der Waals surface area (Å²) in [5.41, 5.74) is -6.31. The van der Waals surface area contributed by atoms with E-state index in [0.717, 1.165) is 30.7 Å². The van der Waals surface area contributed by atoms with Crippen molar-refractivity contribution in [2.24, 2.45) is 0 Å². The Balaban J connectivity index is 1.32. The fourth-order valence-corrected chi connectivity index (χ4v) is 5.06. The number of hydrogen-bond acceptors (Lipinski definition) is 6. The highest BCUT2D eigenvalue weighted by Gasteiger charge is 2.59. The molecule has 2 aliphatic rings. The predicted molar refractivity (Wildman–Crippen MR) is 132 cm³/mol. The molecule has 19 heteroatoms. The SMILES string of the molecule is CCCC12COC(c3ccc(C(F)(F)Oc4cc(F)c(C(F)(F)Oc5cc(F)c(C(F)(F)OC(F)(F)F)c(F)c5)c(F)c4)cc3)(OC1)O2. The molecule has 48 heavy (non-hydrogen) atoms. The Morgan fingerprint density at radius 2 is 1.08 bits per heavy atom. The van der Waals surface area contributed by atoms with E-state index >= 15 is 0 Å². The van der Waals surface area contributed by atoms with E-state index in [9.17, 15) is 57.1 Å². The number of halogens is 13. The van der Waals surface area contributed by atoms with Crippen molar-refractivity contribution in [3.05, 3.63) is 94.1 Å². The second kappa shape index (κ2) is 12.0. The maximum absolute atomic E-state index is 14.9. The fourth-order valence-electron chi connectivity index (χ4n) is 5.06. The van der Waals surface area contributed by atoms with Crippen molar-refractivity contribution in [2.45, 2.75) is 56.0 Å². The van der Waals surface area contributed by atoms with Crippen LogP contribution in [-0.4, -0.2) is 25.2 Å². The van der Waals surface area contributed by atoms with Crippen molar-refractivity contribution >= 4 is 0 Å². The zero-order chi connectivity index (χ0) is 35.5. The van der Waals surface area contributed by atoms with E-state index in [4.69, 9.17) is 14.2 Å². The summed E-state index contributed by atoms with van der Waals surface area (Å²) in [6.45, 7) is 2.31. The van der Waals surface area contributed by atoms with Gasteiger partial charge in [-0.3, -0.25) is 0 Å². The molecular weight excluding hydrogens is 691 g/mol. The van der Waals surface area contributed by atoms with Gasteiger partial charge in [-0.05, 0) is 18.6 Å². The lowest BCUT2D eigenvalue weighted by Crippen LogP contribution is -2.35. The summed E-state index contributed by atoms with van der Waals surface area (Å²) in [5.74, 6) is -14.3. The van der Waals surface area contributed by atoms with Crippen LogP contribution in [0.2, 0.25) is 0 Å². The van der Waals surface area contributed by atoms with Crippen molar-refractivity contribution in [3.63, 3.8) is 0 Å². The molecule has 2 fully saturated rings. The minimum Gasteiger partial charge on any atom is -0.429 e. The quantitative estimate of drug-likeness (QED) is 0.186. The van der Waals surface area contributed by atoms with E-state index in [0.29, 0.717) is 6.42 Å². The second-order valence-electron chi connectivity index (χ2n) is 10.6. The molecule has 3 aromatic rings. The molecule has 0 spiro atoms. The van der Waals surface area contributed by atoms with Crippen LogP contribution in [0.5, 0.6) is 11.5 Å². The average molecular weight is 710 g/mol. The molecule has 0 aliphatic carbocycles. The lowest BCUT2D eigenvalue weighted by molar-refractivity contribution is -0.432. The summed E-state index contributed by atoms with van der Waals surface area (Å²) >= 11 is 0. The zero-order valence-electron chi connectivity index (χ0n) is 23.8. The van der Waals surface area contributed by atoms with Crippen molar-refractivity contribution in [1.29, 1.82) is 0 Å². The van der Waals surface area contributed by atoms with Gasteiger partial charge in [0.1, 0.15) is 51.5 Å². The van der Waals surface area contributed by atoms with Crippen LogP contribution < -0.4 is 9.47 Å². The van der Waals surface area contributed by atoms with Crippen LogP contribution in [0.25, 0.3) is 0 Å². The van der Waals surface area contributed by atoms with E-state index in [1.165, 1.54) is 0 Å². The molecule has 0 amide bonds. The van der Waals surface area contributed by atoms with E-state index in [-0.39, 0.29) is 30.9 Å². The van der Waals surface area contributed by atoms with Gasteiger partial charge in [0.25, 0.3) is 0 Å². The first kappa shape index (κ1) is 35.5. The highest BCUT2D eigenvalue weighted by molar-refractivity contribution is 5.37. The van der Waals surface area contributed by atoms with Crippen molar-refractivity contribution in [2.75, 3.05) is 13.2 Å². The van der Waals surface area contributed by atoms with Crippen molar-refractivity contribution in [3.8, 4) is 11.5 Å². The maximum Gasteiger partial charge on any atom is 0.527 e. The maximum atomic E-state index is 14.9. The highest BCUT2D eigenvalue weighted by atomic mass is 19.4. The first-order chi connectivity index (χ1) is 22.1. The smallest absolute Gasteiger partial charge is 0.429 e. The topological polar surface area (TPSA) is 55.4 Å². The van der Waals surface area contributed by atoms with Gasteiger partial charge in [-0.25, -0.2) is 22.3 Å². The summed E-state index contributed by atoms with van der Waals surface area (Å²) in [4.78, 5) is 0. The van der Waals surface area contributed by atoms with Gasteiger partial charge in [-0.2, -0.15) is 26.3 Å².